The highest BCUT2D eigenvalue weighted by atomic mass is 16.5. The van der Waals surface area contributed by atoms with Crippen molar-refractivity contribution in [2.45, 2.75) is 6.54 Å². The van der Waals surface area contributed by atoms with Crippen molar-refractivity contribution in [2.24, 2.45) is 0 Å². The predicted molar refractivity (Wildman–Crippen MR) is 72.6 cm³/mol. The number of nitrogens with zero attached hydrogens (tertiary/aromatic N) is 2. The molecule has 20 heavy (non-hydrogen) atoms. The molecule has 0 N–H and O–H groups in total. The van der Waals surface area contributed by atoms with Gasteiger partial charge in [0.1, 0.15) is 5.75 Å². The molecule has 100 valence electrons. The van der Waals surface area contributed by atoms with Crippen LogP contribution in [0.3, 0.4) is 0 Å². The molecule has 3 rings (SSSR count). The summed E-state index contributed by atoms with van der Waals surface area (Å²) in [6.07, 6.45) is 0. The second-order valence-corrected chi connectivity index (χ2v) is 4.34. The van der Waals surface area contributed by atoms with E-state index in [-0.39, 0.29) is 0 Å². The van der Waals surface area contributed by atoms with Gasteiger partial charge in [0.2, 0.25) is 6.54 Å². The Morgan fingerprint density at radius 3 is 2.75 bits per heavy atom. The Bertz CT molecular complexity index is 797. The predicted octanol–water partition coefficient (Wildman–Crippen LogP) is 1.53. The highest BCUT2D eigenvalue weighted by Gasteiger charge is 2.15. The molecular weight excluding hydrogens is 256 g/mol. The van der Waals surface area contributed by atoms with Crippen molar-refractivity contribution < 1.29 is 13.8 Å². The normalized spacial score (nSPS) is 10.7. The first kappa shape index (κ1) is 12.3. The molecule has 0 spiro atoms. The van der Waals surface area contributed by atoms with E-state index in [4.69, 9.17) is 9.15 Å². The summed E-state index contributed by atoms with van der Waals surface area (Å²) in [7, 11) is 1.58. The lowest BCUT2D eigenvalue weighted by molar-refractivity contribution is -0.767. The molecule has 0 saturated carbocycles. The van der Waals surface area contributed by atoms with Crippen LogP contribution in [0.15, 0.2) is 57.7 Å². The van der Waals surface area contributed by atoms with Gasteiger partial charge in [0.25, 0.3) is 0 Å². The first-order chi connectivity index (χ1) is 9.76. The van der Waals surface area contributed by atoms with E-state index in [2.05, 4.69) is 5.10 Å². The fourth-order valence-electron chi connectivity index (χ4n) is 1.96. The van der Waals surface area contributed by atoms with E-state index >= 15 is 0 Å². The van der Waals surface area contributed by atoms with Gasteiger partial charge >= 0.3 is 5.76 Å². The summed E-state index contributed by atoms with van der Waals surface area (Å²) in [5, 5.41) is 4.31. The molecule has 5 nitrogen and oxygen atoms in total. The van der Waals surface area contributed by atoms with Gasteiger partial charge < -0.3 is 9.15 Å². The molecule has 0 aliphatic carbocycles. The first-order valence-corrected chi connectivity index (χ1v) is 6.19. The van der Waals surface area contributed by atoms with Gasteiger partial charge in [-0.05, 0) is 16.8 Å². The van der Waals surface area contributed by atoms with Crippen LogP contribution in [-0.4, -0.2) is 12.2 Å². The molecule has 5 heteroatoms. The van der Waals surface area contributed by atoms with Gasteiger partial charge in [0.15, 0.2) is 11.1 Å². The van der Waals surface area contributed by atoms with Crippen molar-refractivity contribution in [1.29, 1.82) is 0 Å². The quantitative estimate of drug-likeness (QED) is 0.677. The van der Waals surface area contributed by atoms with E-state index in [1.807, 2.05) is 30.3 Å². The molecule has 2 aromatic carbocycles. The van der Waals surface area contributed by atoms with Crippen LogP contribution in [-0.2, 0) is 6.54 Å². The minimum atomic E-state index is -0.480. The Labute approximate surface area is 115 Å². The maximum Gasteiger partial charge on any atom is 0.628 e. The van der Waals surface area contributed by atoms with E-state index in [9.17, 15) is 4.79 Å². The molecule has 0 amide bonds. The van der Waals surface area contributed by atoms with Crippen molar-refractivity contribution in [1.82, 2.24) is 5.10 Å². The number of rotatable bonds is 3. The van der Waals surface area contributed by atoms with E-state index in [1.165, 1.54) is 4.68 Å². The zero-order chi connectivity index (χ0) is 13.9. The lowest BCUT2D eigenvalue weighted by Crippen LogP contribution is -2.52. The number of hydrogen-bond donors (Lipinski definition) is 0. The number of fused-ring (bicyclic) bond motifs is 1. The average molecular weight is 269 g/mol. The van der Waals surface area contributed by atoms with Gasteiger partial charge in [0.05, 0.1) is 7.11 Å². The molecule has 1 aromatic heterocycles. The summed E-state index contributed by atoms with van der Waals surface area (Å²) in [6.45, 7) is 0.371. The van der Waals surface area contributed by atoms with E-state index < -0.39 is 5.76 Å². The van der Waals surface area contributed by atoms with Crippen molar-refractivity contribution in [2.75, 3.05) is 7.11 Å². The van der Waals surface area contributed by atoms with Crippen molar-refractivity contribution in [3.05, 3.63) is 64.6 Å². The van der Waals surface area contributed by atoms with Crippen LogP contribution < -0.4 is 15.2 Å². The second kappa shape index (κ2) is 5.13. The van der Waals surface area contributed by atoms with E-state index in [0.29, 0.717) is 23.4 Å². The lowest BCUT2D eigenvalue weighted by Gasteiger charge is -1.99. The summed E-state index contributed by atoms with van der Waals surface area (Å²) in [4.78, 5) is 11.9. The maximum absolute atomic E-state index is 11.9. The van der Waals surface area contributed by atoms with Crippen LogP contribution in [0.1, 0.15) is 5.56 Å². The molecular formula is C15H13N2O3+. The molecule has 0 aliphatic heterocycles. The summed E-state index contributed by atoms with van der Waals surface area (Å²) >= 11 is 0. The third-order valence-electron chi connectivity index (χ3n) is 2.98. The molecule has 0 aliphatic rings. The molecule has 3 aromatic rings. The molecule has 0 unspecified atom stereocenters. The van der Waals surface area contributed by atoms with E-state index in [1.54, 1.807) is 25.3 Å². The van der Waals surface area contributed by atoms with Crippen LogP contribution in [0.2, 0.25) is 0 Å². The largest absolute Gasteiger partial charge is 0.628 e. The Kier molecular flexibility index (Phi) is 3.16. The average Bonchev–Trinajstić information content (AvgIpc) is 2.48. The minimum absolute atomic E-state index is 0.371. The van der Waals surface area contributed by atoms with Gasteiger partial charge in [-0.25, -0.2) is 0 Å². The standard InChI is InChI=1S/C15H13N2O3/c1-19-12-7-8-14-13(9-12)16-17(15(18)20-14)10-11-5-3-2-4-6-11/h2-9H,10H2,1H3/q+1. The van der Waals surface area contributed by atoms with Crippen LogP contribution in [0.5, 0.6) is 5.75 Å². The third kappa shape index (κ3) is 2.38. The van der Waals surface area contributed by atoms with Gasteiger partial charge in [-0.2, -0.15) is 4.79 Å². The molecule has 0 saturated heterocycles. The van der Waals surface area contributed by atoms with Crippen molar-refractivity contribution in [3.63, 3.8) is 0 Å². The Hall–Kier alpha value is -2.69. The smallest absolute Gasteiger partial charge is 0.497 e. The van der Waals surface area contributed by atoms with Crippen LogP contribution in [0, 0.1) is 0 Å². The Balaban J connectivity index is 2.06. The molecule has 0 bridgehead atoms. The third-order valence-corrected chi connectivity index (χ3v) is 2.98. The number of methoxy groups -OCH3 is 1. The SMILES string of the molecule is COc1ccc2oc(=O)[n+](Cc3ccccc3)nc2c1. The van der Waals surface area contributed by atoms with Gasteiger partial charge in [-0.3, -0.25) is 0 Å². The summed E-state index contributed by atoms with van der Waals surface area (Å²) in [5.41, 5.74) is 2.01. The van der Waals surface area contributed by atoms with Crippen molar-refractivity contribution >= 4 is 11.1 Å². The summed E-state index contributed by atoms with van der Waals surface area (Å²) in [6, 6.07) is 14.8. The van der Waals surface area contributed by atoms with Gasteiger partial charge in [-0.1, -0.05) is 30.3 Å². The maximum atomic E-state index is 11.9. The first-order valence-electron chi connectivity index (χ1n) is 6.19. The van der Waals surface area contributed by atoms with Crippen molar-refractivity contribution in [3.8, 4) is 5.75 Å². The number of ether oxygens (including phenoxy) is 1. The topological polar surface area (TPSA) is 56.2 Å². The van der Waals surface area contributed by atoms with Crippen LogP contribution in [0.4, 0.5) is 0 Å². The highest BCUT2D eigenvalue weighted by Crippen LogP contribution is 2.16. The zero-order valence-electron chi connectivity index (χ0n) is 10.9. The summed E-state index contributed by atoms with van der Waals surface area (Å²) in [5.74, 6) is 0.191. The Morgan fingerprint density at radius 2 is 2.00 bits per heavy atom. The molecule has 1 heterocycles. The fraction of sp³-hybridized carbons (Fsp3) is 0.133. The molecule has 0 fully saturated rings. The Morgan fingerprint density at radius 1 is 1.20 bits per heavy atom. The highest BCUT2D eigenvalue weighted by molar-refractivity contribution is 5.72. The minimum Gasteiger partial charge on any atom is -0.497 e. The monoisotopic (exact) mass is 269 g/mol. The zero-order valence-corrected chi connectivity index (χ0v) is 10.9. The van der Waals surface area contributed by atoms with Crippen LogP contribution in [0.25, 0.3) is 11.1 Å². The summed E-state index contributed by atoms with van der Waals surface area (Å²) < 4.78 is 11.7. The fourth-order valence-corrected chi connectivity index (χ4v) is 1.96. The molecule has 0 radical (unpaired) electrons. The van der Waals surface area contributed by atoms with E-state index in [0.717, 1.165) is 5.56 Å². The number of hydrogen-bond acceptors (Lipinski definition) is 4. The molecule has 0 atom stereocenters. The van der Waals surface area contributed by atoms with Gasteiger partial charge in [0, 0.05) is 16.7 Å². The second-order valence-electron chi connectivity index (χ2n) is 4.34. The number of aromatic nitrogens is 2. The van der Waals surface area contributed by atoms with Gasteiger partial charge in [-0.15, -0.1) is 0 Å². The lowest BCUT2D eigenvalue weighted by atomic mass is 10.2. The number of benzene rings is 2. The van der Waals surface area contributed by atoms with Crippen LogP contribution >= 0.6 is 0 Å².